The Morgan fingerprint density at radius 3 is 2.64 bits per heavy atom. The van der Waals surface area contributed by atoms with Gasteiger partial charge in [0.25, 0.3) is 0 Å². The van der Waals surface area contributed by atoms with Gasteiger partial charge in [0.15, 0.2) is 22.3 Å². The molecule has 0 radical (unpaired) electrons. The van der Waals surface area contributed by atoms with Crippen LogP contribution < -0.4 is 14.8 Å². The monoisotopic (exact) mass is 405 g/mol. The van der Waals surface area contributed by atoms with Crippen molar-refractivity contribution < 1.29 is 19.0 Å². The Bertz CT molecular complexity index is 991. The Kier molecular flexibility index (Phi) is 6.53. The molecule has 150 valence electrons. The molecule has 28 heavy (non-hydrogen) atoms. The second-order valence-corrected chi connectivity index (χ2v) is 6.94. The molecule has 0 spiro atoms. The number of amides is 1. The van der Waals surface area contributed by atoms with Gasteiger partial charge in [-0.05, 0) is 19.4 Å². The van der Waals surface area contributed by atoms with E-state index < -0.39 is 0 Å². The van der Waals surface area contributed by atoms with Gasteiger partial charge in [-0.2, -0.15) is 4.52 Å². The van der Waals surface area contributed by atoms with Crippen molar-refractivity contribution in [3.63, 3.8) is 0 Å². The molecule has 0 atom stereocenters. The molecule has 2 heterocycles. The number of methoxy groups -OCH3 is 3. The van der Waals surface area contributed by atoms with Gasteiger partial charge in [-0.15, -0.1) is 5.10 Å². The largest absolute Gasteiger partial charge is 0.493 e. The van der Waals surface area contributed by atoms with Gasteiger partial charge in [0, 0.05) is 31.7 Å². The molecule has 3 aromatic rings. The Labute approximate surface area is 166 Å². The molecule has 1 N–H and O–H groups in total. The molecule has 0 unspecified atom stereocenters. The first-order chi connectivity index (χ1) is 13.6. The molecule has 2 aromatic heterocycles. The van der Waals surface area contributed by atoms with Gasteiger partial charge in [0.2, 0.25) is 5.91 Å². The first-order valence-corrected chi connectivity index (χ1v) is 9.73. The average molecular weight is 405 g/mol. The van der Waals surface area contributed by atoms with E-state index in [9.17, 15) is 4.79 Å². The third-order valence-corrected chi connectivity index (χ3v) is 4.96. The van der Waals surface area contributed by atoms with E-state index in [0.29, 0.717) is 46.8 Å². The fourth-order valence-electron chi connectivity index (χ4n) is 2.73. The van der Waals surface area contributed by atoms with Crippen molar-refractivity contribution in [1.29, 1.82) is 0 Å². The molecule has 1 amide bonds. The van der Waals surface area contributed by atoms with Crippen LogP contribution in [-0.2, 0) is 9.53 Å². The summed E-state index contributed by atoms with van der Waals surface area (Å²) in [5.74, 6) is 1.95. The van der Waals surface area contributed by atoms with Crippen molar-refractivity contribution in [3.05, 3.63) is 18.0 Å². The summed E-state index contributed by atoms with van der Waals surface area (Å²) in [6.07, 6.45) is 0.773. The van der Waals surface area contributed by atoms with E-state index in [1.807, 2.05) is 13.0 Å². The van der Waals surface area contributed by atoms with Crippen LogP contribution >= 0.6 is 11.8 Å². The average Bonchev–Trinajstić information content (AvgIpc) is 3.10. The van der Waals surface area contributed by atoms with Gasteiger partial charge < -0.3 is 19.5 Å². The van der Waals surface area contributed by atoms with E-state index in [1.54, 1.807) is 31.9 Å². The Morgan fingerprint density at radius 1 is 1.18 bits per heavy atom. The van der Waals surface area contributed by atoms with E-state index in [2.05, 4.69) is 20.4 Å². The second kappa shape index (κ2) is 9.07. The highest BCUT2D eigenvalue weighted by atomic mass is 32.2. The lowest BCUT2D eigenvalue weighted by molar-refractivity contribution is -0.118. The smallest absolute Gasteiger partial charge is 0.230 e. The van der Waals surface area contributed by atoms with Crippen molar-refractivity contribution in [2.24, 2.45) is 0 Å². The topological polar surface area (TPSA) is 99.9 Å². The summed E-state index contributed by atoms with van der Waals surface area (Å²) in [4.78, 5) is 21.3. The number of nitrogens with zero attached hydrogens (tertiary/aromatic N) is 4. The van der Waals surface area contributed by atoms with Gasteiger partial charge >= 0.3 is 0 Å². The van der Waals surface area contributed by atoms with Crippen LogP contribution in [-0.4, -0.2) is 65.7 Å². The third-order valence-electron chi connectivity index (χ3n) is 4.03. The standard InChI is InChI=1S/C18H23N5O4S/c1-11-20-17-12-8-14(26-3)15(27-4)9-13(12)21-18(23(17)22-11)28-10-16(24)19-6-5-7-25-2/h8-9H,5-7,10H2,1-4H3,(H,19,24). The van der Waals surface area contributed by atoms with E-state index in [0.717, 1.165) is 11.8 Å². The van der Waals surface area contributed by atoms with Crippen LogP contribution in [0.2, 0.25) is 0 Å². The molecular formula is C18H23N5O4S. The quantitative estimate of drug-likeness (QED) is 0.327. The van der Waals surface area contributed by atoms with Crippen LogP contribution in [0.3, 0.4) is 0 Å². The van der Waals surface area contributed by atoms with Crippen LogP contribution in [0.1, 0.15) is 12.2 Å². The molecule has 0 saturated carbocycles. The number of hydrogen-bond donors (Lipinski definition) is 1. The molecule has 1 aromatic carbocycles. The van der Waals surface area contributed by atoms with Crippen LogP contribution in [0.5, 0.6) is 11.5 Å². The minimum Gasteiger partial charge on any atom is -0.493 e. The zero-order chi connectivity index (χ0) is 20.1. The number of rotatable bonds is 9. The molecule has 0 saturated heterocycles. The highest BCUT2D eigenvalue weighted by Crippen LogP contribution is 2.34. The number of benzene rings is 1. The van der Waals surface area contributed by atoms with Crippen LogP contribution in [0.15, 0.2) is 17.3 Å². The maximum Gasteiger partial charge on any atom is 0.230 e. The number of thioether (sulfide) groups is 1. The summed E-state index contributed by atoms with van der Waals surface area (Å²) in [5.41, 5.74) is 1.35. The molecule has 0 bridgehead atoms. The lowest BCUT2D eigenvalue weighted by Crippen LogP contribution is -2.27. The summed E-state index contributed by atoms with van der Waals surface area (Å²) >= 11 is 1.31. The maximum atomic E-state index is 12.1. The fraction of sp³-hybridized carbons (Fsp3) is 0.444. The van der Waals surface area contributed by atoms with Crippen molar-refractivity contribution in [2.75, 3.05) is 40.2 Å². The van der Waals surface area contributed by atoms with Crippen LogP contribution in [0.25, 0.3) is 16.6 Å². The number of hydrogen-bond acceptors (Lipinski definition) is 8. The summed E-state index contributed by atoms with van der Waals surface area (Å²) < 4.78 is 17.4. The minimum absolute atomic E-state index is 0.0692. The van der Waals surface area contributed by atoms with Crippen molar-refractivity contribution in [3.8, 4) is 11.5 Å². The molecule has 9 nitrogen and oxygen atoms in total. The van der Waals surface area contributed by atoms with E-state index in [-0.39, 0.29) is 11.7 Å². The van der Waals surface area contributed by atoms with Crippen LogP contribution in [0.4, 0.5) is 0 Å². The van der Waals surface area contributed by atoms with Gasteiger partial charge in [-0.1, -0.05) is 11.8 Å². The van der Waals surface area contributed by atoms with Crippen molar-refractivity contribution in [1.82, 2.24) is 24.9 Å². The molecule has 10 heteroatoms. The minimum atomic E-state index is -0.0692. The lowest BCUT2D eigenvalue weighted by atomic mass is 10.2. The molecule has 0 aliphatic rings. The number of nitrogens with one attached hydrogen (secondary N) is 1. The first-order valence-electron chi connectivity index (χ1n) is 8.75. The maximum absolute atomic E-state index is 12.1. The Balaban J connectivity index is 1.90. The zero-order valence-corrected chi connectivity index (χ0v) is 17.1. The number of fused-ring (bicyclic) bond motifs is 3. The van der Waals surface area contributed by atoms with E-state index in [4.69, 9.17) is 14.2 Å². The Hall–Kier alpha value is -2.59. The molecule has 0 fully saturated rings. The van der Waals surface area contributed by atoms with E-state index in [1.165, 1.54) is 11.8 Å². The summed E-state index contributed by atoms with van der Waals surface area (Å²) in [6, 6.07) is 3.63. The first kappa shape index (κ1) is 20.2. The summed E-state index contributed by atoms with van der Waals surface area (Å²) in [7, 11) is 4.80. The Morgan fingerprint density at radius 2 is 1.93 bits per heavy atom. The lowest BCUT2D eigenvalue weighted by Gasteiger charge is -2.11. The van der Waals surface area contributed by atoms with Gasteiger partial charge in [-0.25, -0.2) is 9.97 Å². The number of aryl methyl sites for hydroxylation is 1. The second-order valence-electron chi connectivity index (χ2n) is 6.00. The predicted molar refractivity (Wildman–Crippen MR) is 106 cm³/mol. The number of carbonyl (C=O) groups is 1. The normalized spacial score (nSPS) is 11.1. The number of carbonyl (C=O) groups excluding carboxylic acids is 1. The highest BCUT2D eigenvalue weighted by Gasteiger charge is 2.17. The number of aromatic nitrogens is 4. The molecule has 0 aliphatic heterocycles. The van der Waals surface area contributed by atoms with Gasteiger partial charge in [0.05, 0.1) is 25.5 Å². The summed E-state index contributed by atoms with van der Waals surface area (Å²) in [5, 5.41) is 8.67. The number of ether oxygens (including phenoxy) is 3. The van der Waals surface area contributed by atoms with Crippen molar-refractivity contribution in [2.45, 2.75) is 18.5 Å². The zero-order valence-electron chi connectivity index (χ0n) is 16.3. The molecule has 3 rings (SSSR count). The van der Waals surface area contributed by atoms with Crippen LogP contribution in [0, 0.1) is 6.92 Å². The molecular weight excluding hydrogens is 382 g/mol. The van der Waals surface area contributed by atoms with Gasteiger partial charge in [0.1, 0.15) is 5.82 Å². The molecule has 0 aliphatic carbocycles. The predicted octanol–water partition coefficient (Wildman–Crippen LogP) is 1.85. The highest BCUT2D eigenvalue weighted by molar-refractivity contribution is 7.99. The summed E-state index contributed by atoms with van der Waals surface area (Å²) in [6.45, 7) is 3.01. The SMILES string of the molecule is COCCCNC(=O)CSc1nc2cc(OC)c(OC)cc2c2nc(C)nn12. The third kappa shape index (κ3) is 4.28. The fourth-order valence-corrected chi connectivity index (χ4v) is 3.51. The van der Waals surface area contributed by atoms with E-state index >= 15 is 0 Å². The van der Waals surface area contributed by atoms with Crippen molar-refractivity contribution >= 4 is 34.2 Å². The van der Waals surface area contributed by atoms with Gasteiger partial charge in [-0.3, -0.25) is 4.79 Å².